The summed E-state index contributed by atoms with van der Waals surface area (Å²) in [5.41, 5.74) is 1.06. The van der Waals surface area contributed by atoms with Crippen LogP contribution in [0.5, 0.6) is 0 Å². The molecule has 0 bridgehead atoms. The number of H-pyrrole nitrogens is 5. The van der Waals surface area contributed by atoms with Gasteiger partial charge in [0.2, 0.25) is 5.95 Å². The normalized spacial score (nSPS) is 25.5. The smallest absolute Gasteiger partial charge is 0.280 e. The number of unbranched alkanes of at least 4 members (excludes halogenated alkanes) is 3. The molecule has 20 atom stereocenters. The van der Waals surface area contributed by atoms with Gasteiger partial charge in [-0.15, -0.1) is 65.9 Å². The molecule has 140 heavy (non-hydrogen) atoms. The lowest BCUT2D eigenvalue weighted by Gasteiger charge is -2.20. The van der Waals surface area contributed by atoms with E-state index in [1.165, 1.54) is 57.9 Å². The molecule has 0 unspecified atom stereocenters. The third kappa shape index (κ3) is 28.6. The lowest BCUT2D eigenvalue weighted by Crippen LogP contribution is -2.32. The molecule has 0 radical (unpaired) electrons. The van der Waals surface area contributed by atoms with Crippen molar-refractivity contribution in [2.45, 2.75) is 277 Å². The number of anilines is 1. The molecule has 0 amide bonds. The number of aliphatic hydroxyl groups is 10. The number of hydrogen-bond acceptors (Lipinski definition) is 35. The maximum Gasteiger partial charge on any atom is 0.280 e. The van der Waals surface area contributed by atoms with Gasteiger partial charge in [-0.05, 0) is 182 Å². The van der Waals surface area contributed by atoms with E-state index in [0.29, 0.717) is 98.6 Å². The quantitative estimate of drug-likeness (QED) is 0.0102. The molecule has 15 rings (SSSR count). The number of hydrogen-bond donors (Lipinski definition) is 16. The van der Waals surface area contributed by atoms with Crippen molar-refractivity contribution in [1.82, 2.24) is 97.6 Å². The average molecular weight is 2130 g/mol. The van der Waals surface area contributed by atoms with Gasteiger partial charge in [-0.2, -0.15) is 4.98 Å². The summed E-state index contributed by atoms with van der Waals surface area (Å²) < 4.78 is 38.4. The molecule has 5 saturated heterocycles. The van der Waals surface area contributed by atoms with Crippen molar-refractivity contribution in [3.05, 3.63) is 81.4 Å². The van der Waals surface area contributed by atoms with E-state index >= 15 is 0 Å². The summed E-state index contributed by atoms with van der Waals surface area (Å²) in [5, 5.41) is 111. The number of rotatable bonds is 35. The maximum absolute atomic E-state index is 12.4. The number of nitrogens with zero attached hydrogens (tertiary/aromatic N) is 15. The highest BCUT2D eigenvalue weighted by molar-refractivity contribution is 7.99. The molecule has 782 valence electrons. The SMILES string of the molecule is C.C=P(C)(C)CC[C@H]1O[C@@H](n2c(SCC)nc3c(=O)[nH]c(C)nc32)[C@H](O)[C@@H]1O.C=P(C)(C)CC[C@H]1O[C@@H](n2c(SCCC)nc3c(=O)[nH]c(C)nc32)[C@H](O)[C@@H]1O.C=P(C)(C)CC[C@H]1O[C@@H](n2c(SCCCC)nc3c(=O)[nH]c(C)nc32)[C@H](O)[C@@H]1O.C=P(C)(C)CC[C@H]1O[C@@H](n2c(SCCCCC)nc3c(=O)[nH]c(C)nc32)[C@H](O)[C@@H]1O.C=P(C)(C)CC[C@H]1O[C@@H](n2cnc3c(=O)[nH]c(NC)nc32)[C@H](O)[C@@H]1O. The summed E-state index contributed by atoms with van der Waals surface area (Å²) >= 11 is 5.93. The topological polar surface area (TPSA) is 578 Å². The first kappa shape index (κ1) is 116. The van der Waals surface area contributed by atoms with Crippen LogP contribution >= 0.6 is 81.5 Å². The Kier molecular flexibility index (Phi) is 40.6. The third-order valence-corrected chi connectivity index (χ3v) is 35.1. The second-order valence-corrected chi connectivity index (χ2v) is 65.4. The van der Waals surface area contributed by atoms with Crippen molar-refractivity contribution in [3.8, 4) is 0 Å². The van der Waals surface area contributed by atoms with Crippen LogP contribution in [0.15, 0.2) is 50.9 Å². The van der Waals surface area contributed by atoms with Crippen molar-refractivity contribution >= 4 is 175 Å². The summed E-state index contributed by atoms with van der Waals surface area (Å²) in [5.74, 6) is 5.31. The molecule has 5 aliphatic rings. The number of thioether (sulfide) groups is 4. The molecule has 15 heterocycles. The van der Waals surface area contributed by atoms with Gasteiger partial charge >= 0.3 is 0 Å². The zero-order valence-corrected chi connectivity index (χ0v) is 90.7. The minimum Gasteiger partial charge on any atom is -0.388 e. The highest BCUT2D eigenvalue weighted by Gasteiger charge is 2.51. The molecule has 41 nitrogen and oxygen atoms in total. The van der Waals surface area contributed by atoms with Crippen molar-refractivity contribution in [2.24, 2.45) is 0 Å². The average Bonchev–Trinajstić information content (AvgIpc) is 1.62. The number of aryl methyl sites for hydroxylation is 4. The van der Waals surface area contributed by atoms with E-state index in [-0.39, 0.29) is 74.4 Å². The summed E-state index contributed by atoms with van der Waals surface area (Å²) in [7, 11) is 1.63. The van der Waals surface area contributed by atoms with Crippen LogP contribution in [0.1, 0.15) is 160 Å². The first-order valence-electron chi connectivity index (χ1n) is 46.8. The Balaban J connectivity index is 0.000000180. The van der Waals surface area contributed by atoms with Crippen LogP contribution in [-0.4, -0.2) is 399 Å². The van der Waals surface area contributed by atoms with Gasteiger partial charge in [0.1, 0.15) is 84.3 Å². The van der Waals surface area contributed by atoms with Crippen LogP contribution in [0.4, 0.5) is 5.95 Å². The molecule has 10 aromatic heterocycles. The van der Waals surface area contributed by atoms with Gasteiger partial charge in [0, 0.05) is 24.3 Å². The number of aromatic nitrogens is 20. The van der Waals surface area contributed by atoms with Crippen LogP contribution in [0.25, 0.3) is 55.8 Å². The molecule has 0 saturated carbocycles. The molecule has 50 heteroatoms. The second-order valence-electron chi connectivity index (χ2n) is 39.4. The summed E-state index contributed by atoms with van der Waals surface area (Å²) in [6, 6.07) is 0. The fourth-order valence-electron chi connectivity index (χ4n) is 16.3. The van der Waals surface area contributed by atoms with Crippen molar-refractivity contribution in [2.75, 3.05) is 133 Å². The Morgan fingerprint density at radius 2 is 0.607 bits per heavy atom. The van der Waals surface area contributed by atoms with Crippen LogP contribution in [0.3, 0.4) is 0 Å². The summed E-state index contributed by atoms with van der Waals surface area (Å²) in [4.78, 5) is 119. The highest BCUT2D eigenvalue weighted by Crippen LogP contribution is 2.48. The van der Waals surface area contributed by atoms with Gasteiger partial charge < -0.3 is 100 Å². The van der Waals surface area contributed by atoms with Crippen LogP contribution in [0, 0.1) is 27.7 Å². The van der Waals surface area contributed by atoms with E-state index in [9.17, 15) is 75.0 Å². The number of nitrogens with one attached hydrogen (secondary N) is 6. The Morgan fingerprint density at radius 3 is 0.879 bits per heavy atom. The zero-order chi connectivity index (χ0) is 102. The number of imidazole rings is 5. The minimum atomic E-state index is -1.28. The minimum absolute atomic E-state index is 0. The Labute approximate surface area is 832 Å². The van der Waals surface area contributed by atoms with E-state index in [0.717, 1.165) is 92.3 Å². The molecule has 5 fully saturated rings. The number of aliphatic hydroxyl groups excluding tert-OH is 10. The Bertz CT molecular complexity index is 6490. The highest BCUT2D eigenvalue weighted by atomic mass is 32.2. The molecule has 16 N–H and O–H groups in total. The summed E-state index contributed by atoms with van der Waals surface area (Å²) in [6.07, 6.45) is 18.5. The molecule has 5 aliphatic heterocycles. The van der Waals surface area contributed by atoms with E-state index in [1.807, 2.05) is 6.92 Å². The van der Waals surface area contributed by atoms with Gasteiger partial charge in [-0.3, -0.25) is 51.8 Å². The van der Waals surface area contributed by atoms with Crippen LogP contribution < -0.4 is 33.1 Å². The number of aromatic amines is 5. The zero-order valence-electron chi connectivity index (χ0n) is 82.9. The first-order valence-corrected chi connectivity index (χ1v) is 66.0. The Morgan fingerprint density at radius 1 is 0.343 bits per heavy atom. The van der Waals surface area contributed by atoms with Crippen LogP contribution in [0.2, 0.25) is 0 Å². The fraction of sp³-hybridized carbons (Fsp3) is 0.667. The largest absolute Gasteiger partial charge is 0.388 e. The molecule has 0 spiro atoms. The molecular formula is C90H148N21O20P5S4. The maximum atomic E-state index is 12.4. The van der Waals surface area contributed by atoms with Crippen LogP contribution in [-0.2, 0) is 23.7 Å². The third-order valence-electron chi connectivity index (χ3n) is 23.7. The van der Waals surface area contributed by atoms with Crippen molar-refractivity contribution in [3.63, 3.8) is 0 Å². The van der Waals surface area contributed by atoms with E-state index in [4.69, 9.17) is 23.7 Å². The van der Waals surface area contributed by atoms with Gasteiger partial charge in [-0.25, -0.2) is 44.9 Å². The molecule has 10 aromatic rings. The van der Waals surface area contributed by atoms with E-state index in [2.05, 4.69) is 199 Å². The summed E-state index contributed by atoms with van der Waals surface area (Å²) in [6.45, 7) is 30.0. The standard InChI is InChI=1S/C20H33N4O4PS.C19H31N4O4PS.C18H29N4O4PS.C17H27N4O4PS.C15H24N5O4P.CH4/c1-6-7-8-11-30-20-23-14-17(21-12(2)22-18(14)27)24(20)19-16(26)15(25)13(28-19)9-10-29(3,4)5;1-6-7-10-29-19-22-13-16(20-11(2)21-17(13)26)23(19)18-15(25)14(24)12(27-18)8-9-28(3,4)5;1-6-9-28-18-21-12-15(19-10(2)20-16(12)25)22(18)17-14(24)13(23)11(26-17)7-8-27(3,4)5;1-6-27-17-20-11-14(18-9(2)19-15(11)24)21(17)16-13(23)12(22)10(25-16)7-8-26(3,4)5;1-16-15-18-12-9(13(23)19-15)17-7-20(12)14-11(22)10(21)8(24-14)5-6-25(2,3)4;/h13,15-16,19,25-26H,3,6-11H2,1-2,4-5H3,(H,21,22,27);12,14-15,18,24-25H,3,6-10H2,1-2,4-5H3,(H,20,21,26);11,13-14,17,23-24H,3,6-9H2,1-2,4-5H3,(H,19,20,25);10,12-13,16,22-23H,3,6-8H2,1-2,4-5H3,(H,18,19,24);7-8,10-11,14,21-22H,2,5-6H2,1,3-4H3,(H2,16,18,19,23);1H4/t13-,15-,16-,19-;12-,14-,15-,18-;11-,13-,14-,17-;10-,12-,13-,16-;8-,10-,11-,14-;/m11111./s1. The predicted octanol–water partition coefficient (Wildman–Crippen LogP) is 7.89. The van der Waals surface area contributed by atoms with Gasteiger partial charge in [0.25, 0.3) is 27.8 Å². The molecule has 0 aliphatic carbocycles. The van der Waals surface area contributed by atoms with E-state index in [1.54, 1.807) is 53.0 Å². The lowest BCUT2D eigenvalue weighted by atomic mass is 10.1. The monoisotopic (exact) mass is 2130 g/mol. The second kappa shape index (κ2) is 49.1. The van der Waals surface area contributed by atoms with Gasteiger partial charge in [-0.1, -0.05) is 101 Å². The Hall–Kier alpha value is -6.15. The predicted molar refractivity (Wildman–Crippen MR) is 576 cm³/mol. The first-order chi connectivity index (χ1) is 65.2. The fourth-order valence-corrected chi connectivity index (χ4v) is 24.8. The number of ether oxygens (including phenoxy) is 5. The number of fused-ring (bicyclic) bond motifs is 5. The lowest BCUT2D eigenvalue weighted by molar-refractivity contribution is -0.0400. The van der Waals surface area contributed by atoms with E-state index < -0.39 is 157 Å². The molecular weight excluding hydrogens is 1980 g/mol. The van der Waals surface area contributed by atoms with Crippen molar-refractivity contribution < 1.29 is 74.7 Å². The molecule has 0 aromatic carbocycles. The van der Waals surface area contributed by atoms with Crippen molar-refractivity contribution in [1.29, 1.82) is 0 Å². The van der Waals surface area contributed by atoms with Gasteiger partial charge in [0.05, 0.1) is 36.8 Å². The van der Waals surface area contributed by atoms with Gasteiger partial charge in [0.15, 0.2) is 108 Å².